The van der Waals surface area contributed by atoms with Crippen molar-refractivity contribution in [1.82, 2.24) is 0 Å². The molecule has 2 aliphatic rings. The Morgan fingerprint density at radius 1 is 1.36 bits per heavy atom. The second kappa shape index (κ2) is 2.46. The quantitative estimate of drug-likeness (QED) is 0.616. The van der Waals surface area contributed by atoms with Gasteiger partial charge in [-0.05, 0) is 30.6 Å². The maximum atomic E-state index is 5.84. The van der Waals surface area contributed by atoms with Crippen molar-refractivity contribution in [3.63, 3.8) is 0 Å². The van der Waals surface area contributed by atoms with E-state index in [1.54, 1.807) is 0 Å². The summed E-state index contributed by atoms with van der Waals surface area (Å²) in [7, 11) is 0. The molecule has 1 aliphatic carbocycles. The number of rotatable bonds is 1. The van der Waals surface area contributed by atoms with Crippen LogP contribution in [0.2, 0.25) is 0 Å². The molecule has 0 aromatic rings. The van der Waals surface area contributed by atoms with Gasteiger partial charge in [-0.3, -0.25) is 0 Å². The lowest BCUT2D eigenvalue weighted by Crippen LogP contribution is -2.30. The van der Waals surface area contributed by atoms with E-state index in [-0.39, 0.29) is 0 Å². The maximum absolute atomic E-state index is 5.84. The van der Waals surface area contributed by atoms with Gasteiger partial charge in [0.05, 0.1) is 0 Å². The van der Waals surface area contributed by atoms with E-state index in [0.29, 0.717) is 11.5 Å². The summed E-state index contributed by atoms with van der Waals surface area (Å²) in [6.07, 6.45) is 3.67. The van der Waals surface area contributed by atoms with Crippen molar-refractivity contribution in [2.75, 3.05) is 13.2 Å². The highest BCUT2D eigenvalue weighted by Crippen LogP contribution is 2.49. The van der Waals surface area contributed by atoms with Crippen LogP contribution in [0.15, 0.2) is 0 Å². The highest BCUT2D eigenvalue weighted by atomic mass is 16.5. The van der Waals surface area contributed by atoms with E-state index in [1.807, 2.05) is 0 Å². The van der Waals surface area contributed by atoms with Gasteiger partial charge in [-0.25, -0.2) is 0 Å². The van der Waals surface area contributed by atoms with Crippen molar-refractivity contribution in [1.29, 1.82) is 0 Å². The van der Waals surface area contributed by atoms with Crippen LogP contribution in [0.4, 0.5) is 0 Å². The lowest BCUT2D eigenvalue weighted by atomic mass is 9.77. The van der Waals surface area contributed by atoms with Gasteiger partial charge >= 0.3 is 0 Å². The van der Waals surface area contributed by atoms with Gasteiger partial charge in [0, 0.05) is 19.3 Å². The zero-order valence-corrected chi connectivity index (χ0v) is 7.18. The van der Waals surface area contributed by atoms with E-state index in [9.17, 15) is 0 Å². The van der Waals surface area contributed by atoms with Gasteiger partial charge in [0.1, 0.15) is 0 Å². The Morgan fingerprint density at radius 2 is 1.91 bits per heavy atom. The minimum absolute atomic E-state index is 0.498. The summed E-state index contributed by atoms with van der Waals surface area (Å²) in [5.74, 6) is 0.798. The van der Waals surface area contributed by atoms with Crippen LogP contribution >= 0.6 is 0 Å². The summed E-state index contributed by atoms with van der Waals surface area (Å²) in [4.78, 5) is 0. The van der Waals surface area contributed by atoms with E-state index in [0.717, 1.165) is 19.1 Å². The molecular formula is C9H17NO. The first kappa shape index (κ1) is 7.56. The maximum Gasteiger partial charge on any atom is 0.0471 e. The van der Waals surface area contributed by atoms with Crippen molar-refractivity contribution >= 4 is 0 Å². The third-order valence-corrected chi connectivity index (χ3v) is 3.37. The Morgan fingerprint density at radius 3 is 2.36 bits per heavy atom. The molecule has 2 rings (SSSR count). The lowest BCUT2D eigenvalue weighted by molar-refractivity contribution is 0.0119. The third-order valence-electron chi connectivity index (χ3n) is 3.37. The summed E-state index contributed by atoms with van der Waals surface area (Å²) in [5, 5.41) is 0. The van der Waals surface area contributed by atoms with Gasteiger partial charge in [-0.15, -0.1) is 0 Å². The fourth-order valence-electron chi connectivity index (χ4n) is 2.22. The SMILES string of the molecule is CC1(C2CC2N)CCOCC1. The molecule has 64 valence electrons. The predicted molar refractivity (Wildman–Crippen MR) is 44.2 cm³/mol. The molecule has 0 radical (unpaired) electrons. The molecule has 11 heavy (non-hydrogen) atoms. The largest absolute Gasteiger partial charge is 0.381 e. The number of hydrogen-bond donors (Lipinski definition) is 1. The molecule has 2 fully saturated rings. The zero-order chi connectivity index (χ0) is 7.90. The molecule has 0 spiro atoms. The van der Waals surface area contributed by atoms with Crippen molar-refractivity contribution in [3.05, 3.63) is 0 Å². The predicted octanol–water partition coefficient (Wildman–Crippen LogP) is 1.15. The average molecular weight is 155 g/mol. The second-order valence-electron chi connectivity index (χ2n) is 4.27. The van der Waals surface area contributed by atoms with Crippen LogP contribution in [-0.2, 0) is 4.74 Å². The second-order valence-corrected chi connectivity index (χ2v) is 4.27. The Hall–Kier alpha value is -0.0800. The zero-order valence-electron chi connectivity index (χ0n) is 7.18. The molecule has 0 bridgehead atoms. The summed E-state index contributed by atoms with van der Waals surface area (Å²) in [6, 6.07) is 0.498. The topological polar surface area (TPSA) is 35.2 Å². The first-order valence-corrected chi connectivity index (χ1v) is 4.56. The highest BCUT2D eigenvalue weighted by Gasteiger charge is 2.48. The molecule has 2 unspecified atom stereocenters. The van der Waals surface area contributed by atoms with Crippen molar-refractivity contribution in [2.24, 2.45) is 17.1 Å². The molecule has 1 aliphatic heterocycles. The van der Waals surface area contributed by atoms with E-state index < -0.39 is 0 Å². The van der Waals surface area contributed by atoms with E-state index in [2.05, 4.69) is 6.92 Å². The molecule has 1 saturated heterocycles. The van der Waals surface area contributed by atoms with Gasteiger partial charge in [0.15, 0.2) is 0 Å². The summed E-state index contributed by atoms with van der Waals surface area (Å²) in [6.45, 7) is 4.26. The molecule has 0 aromatic heterocycles. The summed E-state index contributed by atoms with van der Waals surface area (Å²) < 4.78 is 5.34. The Kier molecular flexibility index (Phi) is 1.69. The molecule has 1 heterocycles. The fourth-order valence-corrected chi connectivity index (χ4v) is 2.22. The third kappa shape index (κ3) is 1.30. The Labute approximate surface area is 68.1 Å². The molecule has 1 saturated carbocycles. The van der Waals surface area contributed by atoms with E-state index in [1.165, 1.54) is 19.3 Å². The van der Waals surface area contributed by atoms with Crippen LogP contribution in [0.3, 0.4) is 0 Å². The van der Waals surface area contributed by atoms with Gasteiger partial charge < -0.3 is 10.5 Å². The molecule has 2 N–H and O–H groups in total. The van der Waals surface area contributed by atoms with Gasteiger partial charge in [0.2, 0.25) is 0 Å². The first-order chi connectivity index (χ1) is 5.22. The number of hydrogen-bond acceptors (Lipinski definition) is 2. The van der Waals surface area contributed by atoms with Crippen molar-refractivity contribution in [3.8, 4) is 0 Å². The Balaban J connectivity index is 1.97. The Bertz CT molecular complexity index is 152. The average Bonchev–Trinajstić information content (AvgIpc) is 2.69. The van der Waals surface area contributed by atoms with Crippen LogP contribution < -0.4 is 5.73 Å². The van der Waals surface area contributed by atoms with Crippen LogP contribution in [0.1, 0.15) is 26.2 Å². The van der Waals surface area contributed by atoms with Crippen LogP contribution in [-0.4, -0.2) is 19.3 Å². The van der Waals surface area contributed by atoms with Crippen LogP contribution in [0.25, 0.3) is 0 Å². The molecule has 2 nitrogen and oxygen atoms in total. The molecule has 2 atom stereocenters. The summed E-state index contributed by atoms with van der Waals surface area (Å²) >= 11 is 0. The number of nitrogens with two attached hydrogens (primary N) is 1. The lowest BCUT2D eigenvalue weighted by Gasteiger charge is -2.33. The van der Waals surface area contributed by atoms with E-state index in [4.69, 9.17) is 10.5 Å². The van der Waals surface area contributed by atoms with Gasteiger partial charge in [0.25, 0.3) is 0 Å². The highest BCUT2D eigenvalue weighted by molar-refractivity contribution is 5.01. The normalized spacial score (nSPS) is 42.0. The monoisotopic (exact) mass is 155 g/mol. The van der Waals surface area contributed by atoms with Gasteiger partial charge in [-0.2, -0.15) is 0 Å². The smallest absolute Gasteiger partial charge is 0.0471 e. The molecule has 0 amide bonds. The van der Waals surface area contributed by atoms with E-state index >= 15 is 0 Å². The molecule has 0 aromatic carbocycles. The van der Waals surface area contributed by atoms with Crippen molar-refractivity contribution < 1.29 is 4.74 Å². The molecular weight excluding hydrogens is 138 g/mol. The summed E-state index contributed by atoms with van der Waals surface area (Å²) in [5.41, 5.74) is 6.35. The standard InChI is InChI=1S/C9H17NO/c1-9(7-6-8(7)10)2-4-11-5-3-9/h7-8H,2-6,10H2,1H3. The number of ether oxygens (including phenoxy) is 1. The fraction of sp³-hybridized carbons (Fsp3) is 1.00. The molecule has 2 heteroatoms. The van der Waals surface area contributed by atoms with Gasteiger partial charge in [-0.1, -0.05) is 6.92 Å². The van der Waals surface area contributed by atoms with Crippen LogP contribution in [0.5, 0.6) is 0 Å². The van der Waals surface area contributed by atoms with Crippen molar-refractivity contribution in [2.45, 2.75) is 32.2 Å². The minimum Gasteiger partial charge on any atom is -0.381 e. The van der Waals surface area contributed by atoms with Crippen LogP contribution in [0, 0.1) is 11.3 Å². The first-order valence-electron chi connectivity index (χ1n) is 4.56. The minimum atomic E-state index is 0.498.